The second-order valence-electron chi connectivity index (χ2n) is 4.90. The summed E-state index contributed by atoms with van der Waals surface area (Å²) in [5.41, 5.74) is -0.332. The number of halogens is 1. The van der Waals surface area contributed by atoms with Crippen molar-refractivity contribution >= 4 is 33.5 Å². The van der Waals surface area contributed by atoms with E-state index in [4.69, 9.17) is 0 Å². The topological polar surface area (TPSA) is 99.3 Å². The van der Waals surface area contributed by atoms with Gasteiger partial charge in [0.1, 0.15) is 11.6 Å². The lowest BCUT2D eigenvalue weighted by Crippen LogP contribution is -2.35. The van der Waals surface area contributed by atoms with Crippen molar-refractivity contribution in [1.29, 1.82) is 0 Å². The van der Waals surface area contributed by atoms with Gasteiger partial charge in [-0.05, 0) is 34.7 Å². The third kappa shape index (κ3) is 3.09. The lowest BCUT2D eigenvalue weighted by molar-refractivity contribution is -0.147. The number of rotatable bonds is 4. The number of aromatic nitrogens is 1. The number of pyridine rings is 1. The van der Waals surface area contributed by atoms with E-state index in [1.165, 1.54) is 12.4 Å². The van der Waals surface area contributed by atoms with Crippen LogP contribution in [0.5, 0.6) is 0 Å². The predicted octanol–water partition coefficient (Wildman–Crippen LogP) is 1.97. The number of carbonyl (C=O) groups is 2. The van der Waals surface area contributed by atoms with Gasteiger partial charge in [-0.2, -0.15) is 0 Å². The molecule has 1 saturated carbocycles. The molecule has 20 heavy (non-hydrogen) atoms. The highest BCUT2D eigenvalue weighted by molar-refractivity contribution is 9.10. The van der Waals surface area contributed by atoms with Gasteiger partial charge < -0.3 is 15.4 Å². The molecule has 7 heteroatoms. The second-order valence-corrected chi connectivity index (χ2v) is 5.75. The quantitative estimate of drug-likeness (QED) is 0.728. The Hall–Kier alpha value is -1.63. The number of H-pyrrole nitrogens is 1. The van der Waals surface area contributed by atoms with Gasteiger partial charge >= 0.3 is 5.97 Å². The molecule has 0 saturated heterocycles. The lowest BCUT2D eigenvalue weighted by Gasteiger charge is -2.18. The number of amides is 1. The molecule has 0 aromatic carbocycles. The fourth-order valence-corrected chi connectivity index (χ4v) is 2.93. The van der Waals surface area contributed by atoms with Gasteiger partial charge in [0.05, 0.1) is 4.47 Å². The lowest BCUT2D eigenvalue weighted by atomic mass is 9.90. The van der Waals surface area contributed by atoms with Gasteiger partial charge in [-0.15, -0.1) is 0 Å². The zero-order valence-electron chi connectivity index (χ0n) is 10.7. The minimum atomic E-state index is -1.14. The Balaban J connectivity index is 2.18. The molecule has 1 aliphatic rings. The van der Waals surface area contributed by atoms with Gasteiger partial charge in [-0.1, -0.05) is 12.8 Å². The van der Waals surface area contributed by atoms with E-state index in [0.29, 0.717) is 0 Å². The van der Waals surface area contributed by atoms with Crippen LogP contribution in [0.2, 0.25) is 0 Å². The highest BCUT2D eigenvalue weighted by atomic mass is 79.9. The molecule has 108 valence electrons. The van der Waals surface area contributed by atoms with Gasteiger partial charge in [0.15, 0.2) is 0 Å². The summed E-state index contributed by atoms with van der Waals surface area (Å²) < 4.78 is 0.281. The monoisotopic (exact) mass is 342 g/mol. The number of carboxylic acid groups (broad SMARTS) is 1. The number of hydrogen-bond donors (Lipinski definition) is 3. The maximum absolute atomic E-state index is 12.1. The Morgan fingerprint density at radius 3 is 2.60 bits per heavy atom. The first-order valence-electron chi connectivity index (χ1n) is 6.41. The van der Waals surface area contributed by atoms with Crippen LogP contribution in [0, 0.1) is 11.8 Å². The summed E-state index contributed by atoms with van der Waals surface area (Å²) in [5, 5.41) is 11.7. The molecular formula is C13H15BrN2O4. The molecule has 2 rings (SSSR count). The van der Waals surface area contributed by atoms with E-state index in [1.54, 1.807) is 0 Å². The average molecular weight is 343 g/mol. The zero-order valence-corrected chi connectivity index (χ0v) is 12.3. The van der Waals surface area contributed by atoms with E-state index in [-0.39, 0.29) is 21.5 Å². The summed E-state index contributed by atoms with van der Waals surface area (Å²) in [4.78, 5) is 38.0. The number of aromatic amines is 1. The van der Waals surface area contributed by atoms with E-state index in [2.05, 4.69) is 26.2 Å². The Morgan fingerprint density at radius 2 is 2.00 bits per heavy atom. The van der Waals surface area contributed by atoms with Crippen LogP contribution < -0.4 is 10.7 Å². The first-order chi connectivity index (χ1) is 9.50. The molecule has 1 aromatic heterocycles. The van der Waals surface area contributed by atoms with Crippen LogP contribution in [0.1, 0.15) is 25.7 Å². The molecule has 0 aliphatic heterocycles. The first-order valence-corrected chi connectivity index (χ1v) is 7.20. The van der Waals surface area contributed by atoms with E-state index in [1.807, 2.05) is 0 Å². The standard InChI is InChI=1S/C13H15BrN2O4/c14-8-5-15-6-9(11(8)17)16-12(18)10(13(19)20)7-3-1-2-4-7/h5-7,10H,1-4H2,(H,15,17)(H,16,18)(H,19,20). The largest absolute Gasteiger partial charge is 0.481 e. The molecule has 0 radical (unpaired) electrons. The van der Waals surface area contributed by atoms with Gasteiger partial charge in [-0.3, -0.25) is 14.4 Å². The number of anilines is 1. The normalized spacial score (nSPS) is 16.9. The minimum Gasteiger partial charge on any atom is -0.481 e. The van der Waals surface area contributed by atoms with Crippen molar-refractivity contribution in [2.24, 2.45) is 11.8 Å². The number of carboxylic acids is 1. The smallest absolute Gasteiger partial charge is 0.316 e. The Labute approximate surface area is 123 Å². The van der Waals surface area contributed by atoms with Crippen LogP contribution in [0.15, 0.2) is 21.7 Å². The second kappa shape index (κ2) is 6.21. The summed E-state index contributed by atoms with van der Waals surface area (Å²) in [6, 6.07) is 0. The minimum absolute atomic E-state index is 0.0496. The van der Waals surface area contributed by atoms with Crippen molar-refractivity contribution in [3.05, 3.63) is 27.1 Å². The van der Waals surface area contributed by atoms with Gasteiger partial charge in [0, 0.05) is 12.4 Å². The van der Waals surface area contributed by atoms with Gasteiger partial charge in [-0.25, -0.2) is 0 Å². The van der Waals surface area contributed by atoms with Crippen molar-refractivity contribution in [2.45, 2.75) is 25.7 Å². The van der Waals surface area contributed by atoms with E-state index < -0.39 is 17.8 Å². The van der Waals surface area contributed by atoms with Crippen molar-refractivity contribution in [3.63, 3.8) is 0 Å². The third-order valence-corrected chi connectivity index (χ3v) is 4.17. The maximum Gasteiger partial charge on any atom is 0.316 e. The molecule has 1 aromatic rings. The predicted molar refractivity (Wildman–Crippen MR) is 76.5 cm³/mol. The molecule has 3 N–H and O–H groups in total. The third-order valence-electron chi connectivity index (χ3n) is 3.58. The Kier molecular flexibility index (Phi) is 4.59. The van der Waals surface area contributed by atoms with E-state index >= 15 is 0 Å². The molecule has 1 atom stereocenters. The van der Waals surface area contributed by atoms with Crippen LogP contribution >= 0.6 is 15.9 Å². The van der Waals surface area contributed by atoms with Crippen LogP contribution in [-0.4, -0.2) is 22.0 Å². The molecule has 1 unspecified atom stereocenters. The summed E-state index contributed by atoms with van der Waals surface area (Å²) in [6.45, 7) is 0. The fourth-order valence-electron chi connectivity index (χ4n) is 2.58. The van der Waals surface area contributed by atoms with Crippen molar-refractivity contribution < 1.29 is 14.7 Å². The molecule has 1 amide bonds. The maximum atomic E-state index is 12.1. The summed E-state index contributed by atoms with van der Waals surface area (Å²) in [5.74, 6) is -3.02. The number of nitrogens with one attached hydrogen (secondary N) is 2. The van der Waals surface area contributed by atoms with E-state index in [9.17, 15) is 19.5 Å². The van der Waals surface area contributed by atoms with Crippen LogP contribution in [0.25, 0.3) is 0 Å². The highest BCUT2D eigenvalue weighted by Crippen LogP contribution is 2.32. The average Bonchev–Trinajstić information content (AvgIpc) is 2.88. The highest BCUT2D eigenvalue weighted by Gasteiger charge is 2.36. The van der Waals surface area contributed by atoms with Crippen LogP contribution in [0.4, 0.5) is 5.69 Å². The van der Waals surface area contributed by atoms with Gasteiger partial charge in [0.25, 0.3) is 0 Å². The Morgan fingerprint density at radius 1 is 1.35 bits per heavy atom. The van der Waals surface area contributed by atoms with Crippen molar-refractivity contribution in [2.75, 3.05) is 5.32 Å². The number of hydrogen-bond acceptors (Lipinski definition) is 3. The van der Waals surface area contributed by atoms with Crippen LogP contribution in [-0.2, 0) is 9.59 Å². The summed E-state index contributed by atoms with van der Waals surface area (Å²) in [6.07, 6.45) is 6.15. The van der Waals surface area contributed by atoms with Crippen molar-refractivity contribution in [3.8, 4) is 0 Å². The van der Waals surface area contributed by atoms with Gasteiger partial charge in [0.2, 0.25) is 11.3 Å². The molecular weight excluding hydrogens is 328 g/mol. The molecule has 1 aliphatic carbocycles. The fraction of sp³-hybridized carbons (Fsp3) is 0.462. The van der Waals surface area contributed by atoms with Crippen LogP contribution in [0.3, 0.4) is 0 Å². The molecule has 0 spiro atoms. The zero-order chi connectivity index (χ0) is 14.7. The number of carbonyl (C=O) groups excluding carboxylic acids is 1. The first kappa shape index (κ1) is 14.8. The Bertz CT molecular complexity index is 578. The molecule has 1 fully saturated rings. The molecule has 6 nitrogen and oxygen atoms in total. The molecule has 0 bridgehead atoms. The number of aliphatic carboxylic acids is 1. The van der Waals surface area contributed by atoms with Crippen molar-refractivity contribution in [1.82, 2.24) is 4.98 Å². The summed E-state index contributed by atoms with van der Waals surface area (Å²) >= 11 is 3.06. The van der Waals surface area contributed by atoms with E-state index in [0.717, 1.165) is 25.7 Å². The summed E-state index contributed by atoms with van der Waals surface area (Å²) in [7, 11) is 0. The molecule has 1 heterocycles. The SMILES string of the molecule is O=C(O)C(C(=O)Nc1c[nH]cc(Br)c1=O)C1CCCC1.